The van der Waals surface area contributed by atoms with Crippen LogP contribution in [-0.2, 0) is 4.79 Å². The van der Waals surface area contributed by atoms with Gasteiger partial charge in [-0.3, -0.25) is 4.79 Å². The second-order valence-corrected chi connectivity index (χ2v) is 19.0. The highest BCUT2D eigenvalue weighted by atomic mass is 16.3. The van der Waals surface area contributed by atoms with Crippen molar-refractivity contribution in [2.75, 3.05) is 6.61 Å². The van der Waals surface area contributed by atoms with Crippen molar-refractivity contribution in [2.24, 2.45) is 0 Å². The molecule has 0 aliphatic rings. The van der Waals surface area contributed by atoms with Crippen LogP contribution in [0.4, 0.5) is 0 Å². The normalized spacial score (nSPS) is 13.6. The van der Waals surface area contributed by atoms with Crippen molar-refractivity contribution in [2.45, 2.75) is 283 Å². The Kier molecular flexibility index (Phi) is 54.3. The Balaban J connectivity index is 3.49. The SMILES string of the molecule is CC/C=C\C/C=C\C/C=C\C/C=C\C/C=C\C/C=C\C/C=C\C/C=C\CCCCCCCCCCCCCCCCCCC(=O)NC(CO)C(O)CCCCCCCCCCCCCCC. The van der Waals surface area contributed by atoms with Gasteiger partial charge >= 0.3 is 0 Å². The standard InChI is InChI=1S/C62H109NO3/c1-3-5-7-9-11-13-15-17-18-19-20-21-22-23-24-25-26-27-28-29-30-31-32-33-34-35-36-37-38-39-40-41-42-43-44-46-48-50-52-54-56-58-62(66)63-60(59-64)61(65)57-55-53-51-49-47-45-16-14-12-10-8-6-4-2/h5,7,11,13,17-18,20-21,23-24,26-27,29-30,32-33,60-61,64-65H,3-4,6,8-10,12,14-16,19,22,25,28,31,34-59H2,1-2H3,(H,63,66)/b7-5-,13-11-,18-17-,21-20-,24-23-,27-26-,30-29-,33-32-. The van der Waals surface area contributed by atoms with Crippen molar-refractivity contribution < 1.29 is 15.0 Å². The fourth-order valence-electron chi connectivity index (χ4n) is 8.32. The quantitative estimate of drug-likeness (QED) is 0.0421. The second kappa shape index (κ2) is 56.6. The number of carbonyl (C=O) groups is 1. The summed E-state index contributed by atoms with van der Waals surface area (Å²) >= 11 is 0. The number of aliphatic hydroxyl groups is 2. The lowest BCUT2D eigenvalue weighted by Crippen LogP contribution is -2.45. The summed E-state index contributed by atoms with van der Waals surface area (Å²) in [4.78, 5) is 12.5. The molecule has 380 valence electrons. The summed E-state index contributed by atoms with van der Waals surface area (Å²) in [5.41, 5.74) is 0. The lowest BCUT2D eigenvalue weighted by atomic mass is 10.0. The van der Waals surface area contributed by atoms with Crippen LogP contribution in [-0.4, -0.2) is 34.9 Å². The zero-order valence-electron chi connectivity index (χ0n) is 43.7. The molecule has 0 fully saturated rings. The van der Waals surface area contributed by atoms with Gasteiger partial charge in [-0.15, -0.1) is 0 Å². The van der Waals surface area contributed by atoms with Gasteiger partial charge in [0.05, 0.1) is 18.8 Å². The van der Waals surface area contributed by atoms with Gasteiger partial charge < -0.3 is 15.5 Å². The molecule has 4 heteroatoms. The Hall–Kier alpha value is -2.69. The minimum atomic E-state index is -0.661. The maximum atomic E-state index is 12.5. The first kappa shape index (κ1) is 63.3. The molecule has 0 aromatic rings. The number of carbonyl (C=O) groups excluding carboxylic acids is 1. The van der Waals surface area contributed by atoms with Crippen molar-refractivity contribution in [3.05, 3.63) is 97.2 Å². The van der Waals surface area contributed by atoms with Crippen molar-refractivity contribution in [3.63, 3.8) is 0 Å². The van der Waals surface area contributed by atoms with Gasteiger partial charge in [0.2, 0.25) is 5.91 Å². The van der Waals surface area contributed by atoms with E-state index in [-0.39, 0.29) is 12.5 Å². The zero-order chi connectivity index (χ0) is 47.7. The molecular weight excluding hydrogens is 807 g/mol. The van der Waals surface area contributed by atoms with E-state index < -0.39 is 12.1 Å². The molecule has 66 heavy (non-hydrogen) atoms. The third-order valence-corrected chi connectivity index (χ3v) is 12.6. The largest absolute Gasteiger partial charge is 0.394 e. The van der Waals surface area contributed by atoms with Crippen LogP contribution in [0.15, 0.2) is 97.2 Å². The second-order valence-electron chi connectivity index (χ2n) is 19.0. The molecule has 0 aromatic carbocycles. The topological polar surface area (TPSA) is 69.6 Å². The van der Waals surface area contributed by atoms with E-state index in [0.717, 1.165) is 77.0 Å². The Labute approximate surface area is 411 Å². The van der Waals surface area contributed by atoms with E-state index in [4.69, 9.17) is 0 Å². The smallest absolute Gasteiger partial charge is 0.220 e. The number of hydrogen-bond donors (Lipinski definition) is 3. The number of allylic oxidation sites excluding steroid dienone is 16. The van der Waals surface area contributed by atoms with E-state index >= 15 is 0 Å². The van der Waals surface area contributed by atoms with Crippen LogP contribution in [0, 0.1) is 0 Å². The summed E-state index contributed by atoms with van der Waals surface area (Å²) in [5.74, 6) is -0.0327. The van der Waals surface area contributed by atoms with Crippen molar-refractivity contribution in [3.8, 4) is 0 Å². The minimum Gasteiger partial charge on any atom is -0.394 e. The van der Waals surface area contributed by atoms with Gasteiger partial charge in [0.15, 0.2) is 0 Å². The third kappa shape index (κ3) is 52.3. The molecule has 0 saturated heterocycles. The Morgan fingerprint density at radius 2 is 0.667 bits per heavy atom. The van der Waals surface area contributed by atoms with E-state index in [1.54, 1.807) is 0 Å². The van der Waals surface area contributed by atoms with Crippen LogP contribution < -0.4 is 5.32 Å². The lowest BCUT2D eigenvalue weighted by molar-refractivity contribution is -0.123. The monoisotopic (exact) mass is 916 g/mol. The van der Waals surface area contributed by atoms with E-state index in [1.807, 2.05) is 0 Å². The van der Waals surface area contributed by atoms with Gasteiger partial charge in [0.1, 0.15) is 0 Å². The molecule has 0 radical (unpaired) electrons. The number of rotatable bonds is 51. The molecule has 3 N–H and O–H groups in total. The highest BCUT2D eigenvalue weighted by Crippen LogP contribution is 2.16. The number of amides is 1. The molecule has 0 aromatic heterocycles. The van der Waals surface area contributed by atoms with Gasteiger partial charge in [0, 0.05) is 6.42 Å². The maximum absolute atomic E-state index is 12.5. The molecule has 0 rings (SSSR count). The summed E-state index contributed by atoms with van der Waals surface area (Å²) in [6.07, 6.45) is 84.0. The number of aliphatic hydroxyl groups excluding tert-OH is 2. The summed E-state index contributed by atoms with van der Waals surface area (Å²) < 4.78 is 0. The molecule has 0 spiro atoms. The summed E-state index contributed by atoms with van der Waals surface area (Å²) in [5, 5.41) is 23.2. The third-order valence-electron chi connectivity index (χ3n) is 12.6. The van der Waals surface area contributed by atoms with Crippen LogP contribution >= 0.6 is 0 Å². The van der Waals surface area contributed by atoms with Crippen LogP contribution in [0.3, 0.4) is 0 Å². The minimum absolute atomic E-state index is 0.0327. The van der Waals surface area contributed by atoms with Crippen LogP contribution in [0.25, 0.3) is 0 Å². The Morgan fingerprint density at radius 1 is 0.379 bits per heavy atom. The first-order chi connectivity index (χ1) is 32.7. The molecule has 4 nitrogen and oxygen atoms in total. The summed E-state index contributed by atoms with van der Waals surface area (Å²) in [7, 11) is 0. The highest BCUT2D eigenvalue weighted by Gasteiger charge is 2.20. The van der Waals surface area contributed by atoms with E-state index in [2.05, 4.69) is 116 Å². The Morgan fingerprint density at radius 3 is 1.00 bits per heavy atom. The fraction of sp³-hybridized carbons (Fsp3) is 0.726. The molecule has 2 unspecified atom stereocenters. The predicted molar refractivity (Wildman–Crippen MR) is 294 cm³/mol. The number of unbranched alkanes of at least 4 members (excludes halogenated alkanes) is 28. The van der Waals surface area contributed by atoms with Gasteiger partial charge in [-0.05, 0) is 77.0 Å². The molecular formula is C62H109NO3. The molecule has 1 amide bonds. The lowest BCUT2D eigenvalue weighted by Gasteiger charge is -2.22. The van der Waals surface area contributed by atoms with E-state index in [9.17, 15) is 15.0 Å². The van der Waals surface area contributed by atoms with Crippen LogP contribution in [0.1, 0.15) is 271 Å². The van der Waals surface area contributed by atoms with E-state index in [1.165, 1.54) is 167 Å². The van der Waals surface area contributed by atoms with Crippen LogP contribution in [0.2, 0.25) is 0 Å². The molecule has 0 aliphatic heterocycles. The summed E-state index contributed by atoms with van der Waals surface area (Å²) in [6.45, 7) is 4.24. The molecule has 2 atom stereocenters. The predicted octanol–water partition coefficient (Wildman–Crippen LogP) is 18.9. The van der Waals surface area contributed by atoms with Crippen molar-refractivity contribution >= 4 is 5.91 Å². The molecule has 0 bridgehead atoms. The van der Waals surface area contributed by atoms with Crippen molar-refractivity contribution in [1.82, 2.24) is 5.32 Å². The average molecular weight is 917 g/mol. The van der Waals surface area contributed by atoms with E-state index in [0.29, 0.717) is 12.8 Å². The maximum Gasteiger partial charge on any atom is 0.220 e. The first-order valence-corrected chi connectivity index (χ1v) is 28.4. The van der Waals surface area contributed by atoms with Gasteiger partial charge in [-0.25, -0.2) is 0 Å². The number of hydrogen-bond acceptors (Lipinski definition) is 3. The Bertz CT molecular complexity index is 1220. The van der Waals surface area contributed by atoms with Crippen LogP contribution in [0.5, 0.6) is 0 Å². The molecule has 0 aliphatic carbocycles. The highest BCUT2D eigenvalue weighted by molar-refractivity contribution is 5.76. The fourth-order valence-corrected chi connectivity index (χ4v) is 8.32. The zero-order valence-corrected chi connectivity index (χ0v) is 43.7. The first-order valence-electron chi connectivity index (χ1n) is 28.4. The summed E-state index contributed by atoms with van der Waals surface area (Å²) in [6, 6.07) is -0.539. The molecule has 0 saturated carbocycles. The number of nitrogens with one attached hydrogen (secondary N) is 1. The van der Waals surface area contributed by atoms with Gasteiger partial charge in [0.25, 0.3) is 0 Å². The van der Waals surface area contributed by atoms with Crippen molar-refractivity contribution in [1.29, 1.82) is 0 Å². The van der Waals surface area contributed by atoms with Gasteiger partial charge in [-0.1, -0.05) is 284 Å². The molecule has 0 heterocycles. The average Bonchev–Trinajstić information content (AvgIpc) is 3.32. The van der Waals surface area contributed by atoms with Gasteiger partial charge in [-0.2, -0.15) is 0 Å².